The van der Waals surface area contributed by atoms with E-state index < -0.39 is 24.5 Å². The summed E-state index contributed by atoms with van der Waals surface area (Å²) >= 11 is 0. The summed E-state index contributed by atoms with van der Waals surface area (Å²) in [6, 6.07) is 17.6. The van der Waals surface area contributed by atoms with E-state index in [1.54, 1.807) is 24.3 Å². The minimum absolute atomic E-state index is 0.0156. The summed E-state index contributed by atoms with van der Waals surface area (Å²) in [4.78, 5) is 35.1. The Morgan fingerprint density at radius 3 is 2.20 bits per heavy atom. The summed E-state index contributed by atoms with van der Waals surface area (Å²) in [7, 11) is 0. The van der Waals surface area contributed by atoms with Crippen LogP contribution in [0.2, 0.25) is 0 Å². The van der Waals surface area contributed by atoms with Crippen molar-refractivity contribution in [2.75, 3.05) is 11.9 Å². The van der Waals surface area contributed by atoms with Crippen LogP contribution in [0.25, 0.3) is 0 Å². The highest BCUT2D eigenvalue weighted by atomic mass is 16.5. The lowest BCUT2D eigenvalue weighted by atomic mass is 9.98. The van der Waals surface area contributed by atoms with Crippen LogP contribution in [0.4, 0.5) is 10.5 Å². The van der Waals surface area contributed by atoms with Gasteiger partial charge in [0, 0.05) is 5.69 Å². The highest BCUT2D eigenvalue weighted by Crippen LogP contribution is 2.18. The van der Waals surface area contributed by atoms with Crippen molar-refractivity contribution in [1.29, 1.82) is 0 Å². The third-order valence-electron chi connectivity index (χ3n) is 3.49. The van der Waals surface area contributed by atoms with Crippen LogP contribution in [-0.2, 0) is 14.3 Å². The Kier molecular flexibility index (Phi) is 6.71. The summed E-state index contributed by atoms with van der Waals surface area (Å²) in [5, 5.41) is 4.61. The van der Waals surface area contributed by atoms with Crippen LogP contribution in [-0.4, -0.2) is 24.5 Å². The van der Waals surface area contributed by atoms with Crippen LogP contribution in [0.5, 0.6) is 0 Å². The average Bonchev–Trinajstić information content (AvgIpc) is 2.61. The number of amides is 3. The first-order valence-corrected chi connectivity index (χ1v) is 7.91. The number of rotatable bonds is 6. The lowest BCUT2D eigenvalue weighted by molar-refractivity contribution is -0.148. The third-order valence-corrected chi connectivity index (χ3v) is 3.49. The zero-order valence-corrected chi connectivity index (χ0v) is 13.9. The highest BCUT2D eigenvalue weighted by molar-refractivity contribution is 6.01. The molecule has 0 spiro atoms. The Bertz CT molecular complexity index is 717. The Morgan fingerprint density at radius 1 is 0.960 bits per heavy atom. The molecule has 6 heteroatoms. The second-order valence-electron chi connectivity index (χ2n) is 5.54. The number of urea groups is 1. The molecule has 0 aromatic heterocycles. The molecule has 0 aliphatic heterocycles. The molecule has 2 rings (SSSR count). The van der Waals surface area contributed by atoms with Crippen molar-refractivity contribution < 1.29 is 19.1 Å². The van der Waals surface area contributed by atoms with Crippen molar-refractivity contribution in [2.45, 2.75) is 19.3 Å². The van der Waals surface area contributed by atoms with Gasteiger partial charge in [0.1, 0.15) is 0 Å². The molecule has 25 heavy (non-hydrogen) atoms. The van der Waals surface area contributed by atoms with Crippen LogP contribution in [0, 0.1) is 0 Å². The number of anilines is 1. The Hall–Kier alpha value is -3.15. The van der Waals surface area contributed by atoms with E-state index in [1.165, 1.54) is 0 Å². The lowest BCUT2D eigenvalue weighted by Gasteiger charge is -2.11. The third kappa shape index (κ3) is 6.47. The molecule has 0 radical (unpaired) electrons. The standard InChI is InChI=1S/C19H20N2O4/c1-14(15-8-4-2-5-9-15)12-18(23)25-13-17(22)21-19(24)20-16-10-6-3-7-11-16/h2-11,14H,12-13H2,1H3,(H2,20,21,22,24)/t14-/m1/s1. The lowest BCUT2D eigenvalue weighted by Crippen LogP contribution is -2.37. The monoisotopic (exact) mass is 340 g/mol. The second-order valence-corrected chi connectivity index (χ2v) is 5.54. The summed E-state index contributed by atoms with van der Waals surface area (Å²) < 4.78 is 4.92. The van der Waals surface area contributed by atoms with Gasteiger partial charge in [0.25, 0.3) is 5.91 Å². The predicted molar refractivity (Wildman–Crippen MR) is 94.0 cm³/mol. The van der Waals surface area contributed by atoms with Gasteiger partial charge in [-0.25, -0.2) is 4.79 Å². The number of esters is 1. The number of para-hydroxylation sites is 1. The van der Waals surface area contributed by atoms with E-state index in [4.69, 9.17) is 4.74 Å². The summed E-state index contributed by atoms with van der Waals surface area (Å²) in [6.45, 7) is 1.41. The largest absolute Gasteiger partial charge is 0.456 e. The number of benzene rings is 2. The van der Waals surface area contributed by atoms with Gasteiger partial charge in [-0.3, -0.25) is 14.9 Å². The van der Waals surface area contributed by atoms with Gasteiger partial charge in [-0.1, -0.05) is 55.5 Å². The van der Waals surface area contributed by atoms with Gasteiger partial charge in [0.15, 0.2) is 6.61 Å². The number of carbonyl (C=O) groups excluding carboxylic acids is 3. The minimum atomic E-state index is -0.686. The van der Waals surface area contributed by atoms with Crippen molar-refractivity contribution in [3.8, 4) is 0 Å². The van der Waals surface area contributed by atoms with Crippen LogP contribution < -0.4 is 10.6 Å². The average molecular weight is 340 g/mol. The number of hydrogen-bond acceptors (Lipinski definition) is 4. The van der Waals surface area contributed by atoms with Crippen molar-refractivity contribution in [1.82, 2.24) is 5.32 Å². The zero-order valence-electron chi connectivity index (χ0n) is 13.9. The highest BCUT2D eigenvalue weighted by Gasteiger charge is 2.14. The van der Waals surface area contributed by atoms with Crippen molar-refractivity contribution >= 4 is 23.6 Å². The molecular formula is C19H20N2O4. The smallest absolute Gasteiger partial charge is 0.325 e. The molecule has 0 saturated carbocycles. The molecule has 1 atom stereocenters. The van der Waals surface area contributed by atoms with Crippen molar-refractivity contribution in [2.24, 2.45) is 0 Å². The van der Waals surface area contributed by atoms with E-state index in [-0.39, 0.29) is 12.3 Å². The maximum Gasteiger partial charge on any atom is 0.325 e. The zero-order chi connectivity index (χ0) is 18.1. The SMILES string of the molecule is C[C@H](CC(=O)OCC(=O)NC(=O)Nc1ccccc1)c1ccccc1. The molecule has 6 nitrogen and oxygen atoms in total. The molecule has 0 unspecified atom stereocenters. The van der Waals surface area contributed by atoms with Crippen LogP contribution in [0.3, 0.4) is 0 Å². The van der Waals surface area contributed by atoms with Crippen LogP contribution in [0.1, 0.15) is 24.8 Å². The molecule has 2 aromatic carbocycles. The van der Waals surface area contributed by atoms with E-state index in [0.717, 1.165) is 5.56 Å². The van der Waals surface area contributed by atoms with Gasteiger partial charge in [0.05, 0.1) is 6.42 Å². The van der Waals surface area contributed by atoms with Gasteiger partial charge < -0.3 is 10.1 Å². The van der Waals surface area contributed by atoms with E-state index in [9.17, 15) is 14.4 Å². The fourth-order valence-corrected chi connectivity index (χ4v) is 2.20. The maximum absolute atomic E-state index is 11.8. The Labute approximate surface area is 146 Å². The van der Waals surface area contributed by atoms with Gasteiger partial charge in [0.2, 0.25) is 0 Å². The predicted octanol–water partition coefficient (Wildman–Crippen LogP) is 3.07. The van der Waals surface area contributed by atoms with E-state index >= 15 is 0 Å². The first kappa shape index (κ1) is 18.2. The number of imide groups is 1. The summed E-state index contributed by atoms with van der Waals surface area (Å²) in [5.41, 5.74) is 1.58. The molecule has 0 heterocycles. The molecule has 0 aliphatic carbocycles. The van der Waals surface area contributed by atoms with E-state index in [2.05, 4.69) is 10.6 Å². The molecule has 0 saturated heterocycles. The molecule has 2 N–H and O–H groups in total. The minimum Gasteiger partial charge on any atom is -0.456 e. The fourth-order valence-electron chi connectivity index (χ4n) is 2.20. The second kappa shape index (κ2) is 9.22. The molecular weight excluding hydrogens is 320 g/mol. The van der Waals surface area contributed by atoms with Gasteiger partial charge >= 0.3 is 12.0 Å². The van der Waals surface area contributed by atoms with E-state index in [1.807, 2.05) is 43.3 Å². The quantitative estimate of drug-likeness (QED) is 0.792. The molecule has 3 amide bonds. The molecule has 0 aliphatic rings. The van der Waals surface area contributed by atoms with E-state index in [0.29, 0.717) is 5.69 Å². The van der Waals surface area contributed by atoms with Crippen LogP contribution >= 0.6 is 0 Å². The molecule has 0 bridgehead atoms. The topological polar surface area (TPSA) is 84.5 Å². The number of nitrogens with one attached hydrogen (secondary N) is 2. The number of carbonyl (C=O) groups is 3. The molecule has 130 valence electrons. The first-order valence-electron chi connectivity index (χ1n) is 7.91. The number of hydrogen-bond donors (Lipinski definition) is 2. The normalized spacial score (nSPS) is 11.2. The maximum atomic E-state index is 11.8. The first-order chi connectivity index (χ1) is 12.0. The molecule has 0 fully saturated rings. The van der Waals surface area contributed by atoms with Gasteiger partial charge in [-0.05, 0) is 23.6 Å². The summed E-state index contributed by atoms with van der Waals surface area (Å²) in [5.74, 6) is -1.19. The van der Waals surface area contributed by atoms with Crippen LogP contribution in [0.15, 0.2) is 60.7 Å². The molecule has 2 aromatic rings. The fraction of sp³-hybridized carbons (Fsp3) is 0.211. The van der Waals surface area contributed by atoms with Gasteiger partial charge in [-0.2, -0.15) is 0 Å². The Morgan fingerprint density at radius 2 is 1.56 bits per heavy atom. The van der Waals surface area contributed by atoms with Crippen molar-refractivity contribution in [3.05, 3.63) is 66.2 Å². The van der Waals surface area contributed by atoms with Gasteiger partial charge in [-0.15, -0.1) is 0 Å². The summed E-state index contributed by atoms with van der Waals surface area (Å²) in [6.07, 6.45) is 0.160. The Balaban J connectivity index is 1.70. The van der Waals surface area contributed by atoms with Crippen molar-refractivity contribution in [3.63, 3.8) is 0 Å². The number of ether oxygens (including phenoxy) is 1.